The van der Waals surface area contributed by atoms with Gasteiger partial charge in [0.25, 0.3) is 5.89 Å². The van der Waals surface area contributed by atoms with E-state index in [1.54, 1.807) is 7.05 Å². The van der Waals surface area contributed by atoms with E-state index in [0.717, 1.165) is 24.0 Å². The van der Waals surface area contributed by atoms with Crippen LogP contribution in [0, 0.1) is 0 Å². The van der Waals surface area contributed by atoms with Gasteiger partial charge in [0, 0.05) is 31.6 Å². The number of aryl methyl sites for hydroxylation is 1. The van der Waals surface area contributed by atoms with E-state index in [2.05, 4.69) is 32.7 Å². The summed E-state index contributed by atoms with van der Waals surface area (Å²) in [5.41, 5.74) is 1.90. The van der Waals surface area contributed by atoms with Gasteiger partial charge < -0.3 is 15.2 Å². The lowest BCUT2D eigenvalue weighted by atomic mass is 10.1. The maximum absolute atomic E-state index is 11.6. The van der Waals surface area contributed by atoms with Crippen LogP contribution in [0.2, 0.25) is 0 Å². The van der Waals surface area contributed by atoms with Gasteiger partial charge >= 0.3 is 0 Å². The largest absolute Gasteiger partial charge is 0.353 e. The van der Waals surface area contributed by atoms with Crippen LogP contribution in [0.3, 0.4) is 0 Å². The zero-order valence-corrected chi connectivity index (χ0v) is 16.4. The molecule has 2 heterocycles. The van der Waals surface area contributed by atoms with Crippen LogP contribution in [0.15, 0.2) is 33.8 Å². The van der Waals surface area contributed by atoms with Crippen molar-refractivity contribution in [1.29, 1.82) is 0 Å². The smallest absolute Gasteiger partial charge is 0.257 e. The van der Waals surface area contributed by atoms with Crippen LogP contribution in [-0.2, 0) is 22.8 Å². The van der Waals surface area contributed by atoms with Crippen LogP contribution >= 0.6 is 0 Å². The Kier molecular flexibility index (Phi) is 6.10. The minimum atomic E-state index is -2.92. The topological polar surface area (TPSA) is 109 Å². The van der Waals surface area contributed by atoms with Gasteiger partial charge in [-0.2, -0.15) is 4.98 Å². The van der Waals surface area contributed by atoms with Gasteiger partial charge in [-0.25, -0.2) is 8.42 Å². The molecule has 0 radical (unpaired) electrons. The molecule has 9 heteroatoms. The first kappa shape index (κ1) is 19.3. The van der Waals surface area contributed by atoms with Gasteiger partial charge in [0.05, 0.1) is 11.5 Å². The second kappa shape index (κ2) is 8.51. The van der Waals surface area contributed by atoms with Gasteiger partial charge in [0.1, 0.15) is 0 Å². The molecule has 2 N–H and O–H groups in total. The number of rotatable bonds is 6. The molecule has 1 fully saturated rings. The standard InChI is InChI=1S/C18H25N5O3S/c1-3-5-16-22-17(26-23-16)14-7-4-6-13(10-14)11-20-18(19-2)21-15-8-9-27(24,25)12-15/h4,6-7,10,15H,3,5,8-9,11-12H2,1-2H3,(H2,19,20,21). The first-order valence-electron chi connectivity index (χ1n) is 9.08. The minimum Gasteiger partial charge on any atom is -0.353 e. The Morgan fingerprint density at radius 1 is 1.41 bits per heavy atom. The average molecular weight is 391 g/mol. The number of hydrogen-bond acceptors (Lipinski definition) is 6. The molecule has 1 unspecified atom stereocenters. The summed E-state index contributed by atoms with van der Waals surface area (Å²) >= 11 is 0. The van der Waals surface area contributed by atoms with Crippen LogP contribution in [0.5, 0.6) is 0 Å². The normalized spacial score (nSPS) is 19.2. The molecule has 1 aliphatic rings. The average Bonchev–Trinajstić information content (AvgIpc) is 3.25. The van der Waals surface area contributed by atoms with Gasteiger partial charge in [0.15, 0.2) is 21.6 Å². The second-order valence-electron chi connectivity index (χ2n) is 6.64. The third-order valence-corrected chi connectivity index (χ3v) is 6.14. The van der Waals surface area contributed by atoms with Crippen molar-refractivity contribution in [3.05, 3.63) is 35.7 Å². The van der Waals surface area contributed by atoms with Crippen molar-refractivity contribution in [3.63, 3.8) is 0 Å². The quantitative estimate of drug-likeness (QED) is 0.568. The molecule has 0 spiro atoms. The molecular formula is C18H25N5O3S. The molecule has 146 valence electrons. The fraction of sp³-hybridized carbons (Fsp3) is 0.500. The van der Waals surface area contributed by atoms with Crippen LogP contribution in [-0.4, -0.2) is 49.1 Å². The molecule has 0 bridgehead atoms. The van der Waals surface area contributed by atoms with E-state index in [0.29, 0.717) is 30.6 Å². The predicted octanol–water partition coefficient (Wildman–Crippen LogP) is 1.54. The van der Waals surface area contributed by atoms with Crippen molar-refractivity contribution >= 4 is 15.8 Å². The Balaban J connectivity index is 1.60. The number of aliphatic imine (C=N–C) groups is 1. The van der Waals surface area contributed by atoms with E-state index in [1.807, 2.05) is 24.3 Å². The monoisotopic (exact) mass is 391 g/mol. The van der Waals surface area contributed by atoms with Crippen LogP contribution < -0.4 is 10.6 Å². The van der Waals surface area contributed by atoms with E-state index >= 15 is 0 Å². The molecule has 0 amide bonds. The maximum Gasteiger partial charge on any atom is 0.257 e. The zero-order chi connectivity index (χ0) is 19.3. The van der Waals surface area contributed by atoms with Gasteiger partial charge in [-0.1, -0.05) is 24.2 Å². The summed E-state index contributed by atoms with van der Waals surface area (Å²) in [5.74, 6) is 2.20. The van der Waals surface area contributed by atoms with Crippen molar-refractivity contribution < 1.29 is 12.9 Å². The lowest BCUT2D eigenvalue weighted by Crippen LogP contribution is -2.43. The van der Waals surface area contributed by atoms with E-state index in [1.165, 1.54) is 0 Å². The number of hydrogen-bond donors (Lipinski definition) is 2. The number of nitrogens with one attached hydrogen (secondary N) is 2. The third-order valence-electron chi connectivity index (χ3n) is 4.37. The molecule has 0 aliphatic carbocycles. The summed E-state index contributed by atoms with van der Waals surface area (Å²) < 4.78 is 28.5. The Labute approximate surface area is 159 Å². The van der Waals surface area contributed by atoms with Gasteiger partial charge in [-0.3, -0.25) is 4.99 Å². The molecule has 1 aromatic carbocycles. The molecule has 3 rings (SSSR count). The summed E-state index contributed by atoms with van der Waals surface area (Å²) in [7, 11) is -1.25. The van der Waals surface area contributed by atoms with Crippen molar-refractivity contribution in [1.82, 2.24) is 20.8 Å². The Hall–Kier alpha value is -2.42. The third kappa shape index (κ3) is 5.29. The molecule has 2 aromatic rings. The summed E-state index contributed by atoms with van der Waals surface area (Å²) in [5, 5.41) is 10.4. The Morgan fingerprint density at radius 2 is 2.26 bits per heavy atom. The highest BCUT2D eigenvalue weighted by molar-refractivity contribution is 7.91. The molecule has 1 atom stereocenters. The number of aromatic nitrogens is 2. The first-order chi connectivity index (χ1) is 13.0. The predicted molar refractivity (Wildman–Crippen MR) is 104 cm³/mol. The molecule has 1 aliphatic heterocycles. The van der Waals surface area contributed by atoms with Crippen molar-refractivity contribution in [2.75, 3.05) is 18.6 Å². The summed E-state index contributed by atoms with van der Waals surface area (Å²) in [6.45, 7) is 2.62. The van der Waals surface area contributed by atoms with Gasteiger partial charge in [0.2, 0.25) is 0 Å². The summed E-state index contributed by atoms with van der Waals surface area (Å²) in [6, 6.07) is 7.76. The van der Waals surface area contributed by atoms with Crippen LogP contribution in [0.4, 0.5) is 0 Å². The number of benzene rings is 1. The highest BCUT2D eigenvalue weighted by atomic mass is 32.2. The molecule has 27 heavy (non-hydrogen) atoms. The van der Waals surface area contributed by atoms with E-state index in [-0.39, 0.29) is 17.5 Å². The fourth-order valence-electron chi connectivity index (χ4n) is 2.99. The maximum atomic E-state index is 11.6. The van der Waals surface area contributed by atoms with Crippen molar-refractivity contribution in [2.24, 2.45) is 4.99 Å². The molecule has 1 saturated heterocycles. The number of guanidine groups is 1. The van der Waals surface area contributed by atoms with Crippen molar-refractivity contribution in [2.45, 2.75) is 38.8 Å². The highest BCUT2D eigenvalue weighted by Gasteiger charge is 2.28. The molecular weight excluding hydrogens is 366 g/mol. The SMILES string of the molecule is CCCc1noc(-c2cccc(CNC(=NC)NC3CCS(=O)(=O)C3)c2)n1. The fourth-order valence-corrected chi connectivity index (χ4v) is 4.67. The van der Waals surface area contributed by atoms with E-state index in [4.69, 9.17) is 4.52 Å². The molecule has 1 aromatic heterocycles. The van der Waals surface area contributed by atoms with Gasteiger partial charge in [-0.05, 0) is 30.5 Å². The molecule has 8 nitrogen and oxygen atoms in total. The lowest BCUT2D eigenvalue weighted by molar-refractivity contribution is 0.422. The summed E-state index contributed by atoms with van der Waals surface area (Å²) in [6.07, 6.45) is 2.37. The van der Waals surface area contributed by atoms with Gasteiger partial charge in [-0.15, -0.1) is 0 Å². The lowest BCUT2D eigenvalue weighted by Gasteiger charge is -2.16. The highest BCUT2D eigenvalue weighted by Crippen LogP contribution is 2.19. The van der Waals surface area contributed by atoms with Crippen LogP contribution in [0.1, 0.15) is 31.2 Å². The molecule has 0 saturated carbocycles. The van der Waals surface area contributed by atoms with E-state index in [9.17, 15) is 8.42 Å². The van der Waals surface area contributed by atoms with Crippen molar-refractivity contribution in [3.8, 4) is 11.5 Å². The minimum absolute atomic E-state index is 0.0945. The Morgan fingerprint density at radius 3 is 2.96 bits per heavy atom. The second-order valence-corrected chi connectivity index (χ2v) is 8.86. The van der Waals surface area contributed by atoms with E-state index < -0.39 is 9.84 Å². The number of sulfone groups is 1. The zero-order valence-electron chi connectivity index (χ0n) is 15.6. The number of nitrogens with zero attached hydrogens (tertiary/aromatic N) is 3. The Bertz CT molecular complexity index is 907. The van der Waals surface area contributed by atoms with Crippen LogP contribution in [0.25, 0.3) is 11.5 Å². The first-order valence-corrected chi connectivity index (χ1v) is 10.9. The summed E-state index contributed by atoms with van der Waals surface area (Å²) in [4.78, 5) is 8.59.